The van der Waals surface area contributed by atoms with Crippen molar-refractivity contribution in [1.29, 1.82) is 0 Å². The number of nitrogens with zero attached hydrogens (tertiary/aromatic N) is 1. The molecule has 17 heavy (non-hydrogen) atoms. The van der Waals surface area contributed by atoms with Crippen molar-refractivity contribution in [3.8, 4) is 11.5 Å². The molecule has 3 nitrogen and oxygen atoms in total. The molecule has 0 radical (unpaired) electrons. The van der Waals surface area contributed by atoms with E-state index in [9.17, 15) is 5.11 Å². The number of phenols is 1. The molecular formula is C14H19NO2. The summed E-state index contributed by atoms with van der Waals surface area (Å²) in [6.45, 7) is 1.18. The summed E-state index contributed by atoms with van der Waals surface area (Å²) >= 11 is 0. The van der Waals surface area contributed by atoms with Gasteiger partial charge < -0.3 is 9.84 Å². The Bertz CT molecular complexity index is 419. The molecule has 3 rings (SSSR count). The second kappa shape index (κ2) is 4.22. The quantitative estimate of drug-likeness (QED) is 0.807. The van der Waals surface area contributed by atoms with Crippen LogP contribution in [-0.2, 0) is 6.42 Å². The second-order valence-electron chi connectivity index (χ2n) is 5.14. The van der Waals surface area contributed by atoms with Gasteiger partial charge in [0.15, 0.2) is 0 Å². The van der Waals surface area contributed by atoms with Crippen LogP contribution in [0.2, 0.25) is 0 Å². The normalized spacial score (nSPS) is 28.8. The van der Waals surface area contributed by atoms with Gasteiger partial charge in [-0.1, -0.05) is 6.07 Å². The predicted octanol–water partition coefficient (Wildman–Crippen LogP) is 2.18. The van der Waals surface area contributed by atoms with Gasteiger partial charge in [0.2, 0.25) is 0 Å². The summed E-state index contributed by atoms with van der Waals surface area (Å²) < 4.78 is 6.07. The van der Waals surface area contributed by atoms with E-state index in [1.54, 1.807) is 6.07 Å². The molecule has 2 aliphatic rings. The van der Waals surface area contributed by atoms with Crippen LogP contribution in [0.3, 0.4) is 0 Å². The van der Waals surface area contributed by atoms with E-state index in [-0.39, 0.29) is 6.10 Å². The Labute approximate surface area is 102 Å². The van der Waals surface area contributed by atoms with Crippen LogP contribution in [0, 0.1) is 0 Å². The van der Waals surface area contributed by atoms with E-state index in [4.69, 9.17) is 4.74 Å². The second-order valence-corrected chi connectivity index (χ2v) is 5.14. The lowest BCUT2D eigenvalue weighted by molar-refractivity contribution is 0.0878. The minimum atomic E-state index is 0.289. The Morgan fingerprint density at radius 3 is 3.00 bits per heavy atom. The third-order valence-electron chi connectivity index (χ3n) is 4.07. The monoisotopic (exact) mass is 233 g/mol. The van der Waals surface area contributed by atoms with Crippen molar-refractivity contribution in [3.63, 3.8) is 0 Å². The Balaban J connectivity index is 1.81. The summed E-state index contributed by atoms with van der Waals surface area (Å²) in [5.41, 5.74) is 0.976. The molecule has 0 amide bonds. The van der Waals surface area contributed by atoms with Gasteiger partial charge in [0.1, 0.15) is 17.6 Å². The SMILES string of the molecule is CN1CCC[C@H]1[C@@H]1CCc2c(O)cccc2O1. The highest BCUT2D eigenvalue weighted by Crippen LogP contribution is 2.36. The van der Waals surface area contributed by atoms with Gasteiger partial charge in [-0.15, -0.1) is 0 Å². The lowest BCUT2D eigenvalue weighted by Gasteiger charge is -2.33. The summed E-state index contributed by atoms with van der Waals surface area (Å²) in [5.74, 6) is 1.25. The molecule has 1 fully saturated rings. The van der Waals surface area contributed by atoms with Crippen molar-refractivity contribution in [2.24, 2.45) is 0 Å². The van der Waals surface area contributed by atoms with Crippen LogP contribution in [-0.4, -0.2) is 35.7 Å². The molecule has 2 atom stereocenters. The fourth-order valence-electron chi connectivity index (χ4n) is 3.10. The van der Waals surface area contributed by atoms with E-state index in [0.29, 0.717) is 11.8 Å². The van der Waals surface area contributed by atoms with E-state index in [2.05, 4.69) is 11.9 Å². The third-order valence-corrected chi connectivity index (χ3v) is 4.07. The van der Waals surface area contributed by atoms with Crippen LogP contribution in [0.25, 0.3) is 0 Å². The van der Waals surface area contributed by atoms with Crippen molar-refractivity contribution in [1.82, 2.24) is 4.90 Å². The number of likely N-dealkylation sites (N-methyl/N-ethyl adjacent to an activating group) is 1. The molecular weight excluding hydrogens is 214 g/mol. The molecule has 1 N–H and O–H groups in total. The van der Waals surface area contributed by atoms with Crippen LogP contribution < -0.4 is 4.74 Å². The fourth-order valence-corrected chi connectivity index (χ4v) is 3.10. The first kappa shape index (κ1) is 10.9. The number of rotatable bonds is 1. The summed E-state index contributed by atoms with van der Waals surface area (Å²) in [7, 11) is 2.18. The van der Waals surface area contributed by atoms with E-state index in [1.807, 2.05) is 12.1 Å². The number of hydrogen-bond acceptors (Lipinski definition) is 3. The highest BCUT2D eigenvalue weighted by atomic mass is 16.5. The van der Waals surface area contributed by atoms with Crippen molar-refractivity contribution >= 4 is 0 Å². The zero-order valence-electron chi connectivity index (χ0n) is 10.2. The van der Waals surface area contributed by atoms with Crippen LogP contribution in [0.1, 0.15) is 24.8 Å². The summed E-state index contributed by atoms with van der Waals surface area (Å²) in [6, 6.07) is 6.11. The van der Waals surface area contributed by atoms with E-state index < -0.39 is 0 Å². The van der Waals surface area contributed by atoms with Gasteiger partial charge in [0.05, 0.1) is 0 Å². The van der Waals surface area contributed by atoms with Gasteiger partial charge in [0.25, 0.3) is 0 Å². The number of hydrogen-bond donors (Lipinski definition) is 1. The van der Waals surface area contributed by atoms with E-state index in [0.717, 1.165) is 24.2 Å². The van der Waals surface area contributed by atoms with Gasteiger partial charge >= 0.3 is 0 Å². The highest BCUT2D eigenvalue weighted by molar-refractivity contribution is 5.45. The molecule has 0 bridgehead atoms. The first-order valence-corrected chi connectivity index (χ1v) is 6.43. The van der Waals surface area contributed by atoms with Crippen molar-refractivity contribution < 1.29 is 9.84 Å². The van der Waals surface area contributed by atoms with Crippen LogP contribution in [0.5, 0.6) is 11.5 Å². The smallest absolute Gasteiger partial charge is 0.126 e. The van der Waals surface area contributed by atoms with Crippen molar-refractivity contribution in [2.75, 3.05) is 13.6 Å². The summed E-state index contributed by atoms with van der Waals surface area (Å²) in [6.07, 6.45) is 4.73. The molecule has 2 aliphatic heterocycles. The number of benzene rings is 1. The summed E-state index contributed by atoms with van der Waals surface area (Å²) in [5, 5.41) is 9.77. The standard InChI is InChI=1S/C14H19NO2/c1-15-9-3-4-11(15)14-8-7-10-12(16)5-2-6-13(10)17-14/h2,5-6,11,14,16H,3-4,7-9H2,1H3/t11-,14-/m0/s1. The maximum atomic E-state index is 9.77. The first-order chi connectivity index (χ1) is 8.25. The molecule has 0 spiro atoms. The van der Waals surface area contributed by atoms with Crippen molar-refractivity contribution in [2.45, 2.75) is 37.8 Å². The molecule has 1 aromatic carbocycles. The minimum absolute atomic E-state index is 0.289. The maximum Gasteiger partial charge on any atom is 0.126 e. The molecule has 1 saturated heterocycles. The van der Waals surface area contributed by atoms with Gasteiger partial charge in [0, 0.05) is 11.6 Å². The van der Waals surface area contributed by atoms with E-state index >= 15 is 0 Å². The zero-order valence-corrected chi connectivity index (χ0v) is 10.2. The topological polar surface area (TPSA) is 32.7 Å². The van der Waals surface area contributed by atoms with Crippen LogP contribution in [0.4, 0.5) is 0 Å². The average Bonchev–Trinajstić information content (AvgIpc) is 2.75. The minimum Gasteiger partial charge on any atom is -0.508 e. The molecule has 92 valence electrons. The number of fused-ring (bicyclic) bond motifs is 1. The average molecular weight is 233 g/mol. The predicted molar refractivity (Wildman–Crippen MR) is 66.5 cm³/mol. The lowest BCUT2D eigenvalue weighted by Crippen LogP contribution is -2.41. The van der Waals surface area contributed by atoms with Crippen LogP contribution in [0.15, 0.2) is 18.2 Å². The number of ether oxygens (including phenoxy) is 1. The lowest BCUT2D eigenvalue weighted by atomic mass is 9.96. The van der Waals surface area contributed by atoms with Gasteiger partial charge in [-0.05, 0) is 51.4 Å². The molecule has 0 saturated carbocycles. The van der Waals surface area contributed by atoms with Gasteiger partial charge in [-0.2, -0.15) is 0 Å². The third kappa shape index (κ3) is 1.89. The Morgan fingerprint density at radius 2 is 2.24 bits per heavy atom. The highest BCUT2D eigenvalue weighted by Gasteiger charge is 2.33. The molecule has 1 aromatic rings. The summed E-state index contributed by atoms with van der Waals surface area (Å²) in [4.78, 5) is 2.40. The molecule has 2 heterocycles. The molecule has 3 heteroatoms. The molecule has 0 aromatic heterocycles. The van der Waals surface area contributed by atoms with Gasteiger partial charge in [-0.3, -0.25) is 4.90 Å². The Kier molecular flexibility index (Phi) is 2.71. The molecule has 0 unspecified atom stereocenters. The Morgan fingerprint density at radius 1 is 1.35 bits per heavy atom. The fraction of sp³-hybridized carbons (Fsp3) is 0.571. The van der Waals surface area contributed by atoms with Gasteiger partial charge in [-0.25, -0.2) is 0 Å². The van der Waals surface area contributed by atoms with Crippen molar-refractivity contribution in [3.05, 3.63) is 23.8 Å². The Hall–Kier alpha value is -1.22. The number of phenolic OH excluding ortho intramolecular Hbond substituents is 1. The van der Waals surface area contributed by atoms with Crippen LogP contribution >= 0.6 is 0 Å². The first-order valence-electron chi connectivity index (χ1n) is 6.43. The number of likely N-dealkylation sites (tertiary alicyclic amines) is 1. The zero-order chi connectivity index (χ0) is 11.8. The number of aromatic hydroxyl groups is 1. The maximum absolute atomic E-state index is 9.77. The van der Waals surface area contributed by atoms with E-state index in [1.165, 1.54) is 19.4 Å². The largest absolute Gasteiger partial charge is 0.508 e. The molecule has 0 aliphatic carbocycles.